The summed E-state index contributed by atoms with van der Waals surface area (Å²) in [5, 5.41) is 3.44. The molecule has 0 amide bonds. The predicted molar refractivity (Wildman–Crippen MR) is 87.1 cm³/mol. The molecule has 2 rings (SSSR count). The van der Waals surface area contributed by atoms with Gasteiger partial charge < -0.3 is 5.32 Å². The van der Waals surface area contributed by atoms with Crippen LogP contribution in [-0.2, 0) is 12.8 Å². The summed E-state index contributed by atoms with van der Waals surface area (Å²) in [4.78, 5) is 0. The molecule has 112 valence electrons. The first-order chi connectivity index (χ1) is 10.2. The molecule has 1 atom stereocenters. The van der Waals surface area contributed by atoms with Gasteiger partial charge >= 0.3 is 0 Å². The summed E-state index contributed by atoms with van der Waals surface area (Å²) < 4.78 is 14.2. The number of halogens is 1. The maximum Gasteiger partial charge on any atom is 0.128 e. The molecule has 0 saturated carbocycles. The molecular formula is C19H24FN. The number of aryl methyl sites for hydroxylation is 2. The molecule has 0 fully saturated rings. The van der Waals surface area contributed by atoms with E-state index in [1.54, 1.807) is 6.07 Å². The van der Waals surface area contributed by atoms with E-state index in [0.717, 1.165) is 24.9 Å². The van der Waals surface area contributed by atoms with Crippen LogP contribution in [0, 0.1) is 5.82 Å². The average Bonchev–Trinajstić information content (AvgIpc) is 2.53. The number of rotatable bonds is 6. The summed E-state index contributed by atoms with van der Waals surface area (Å²) in [5.74, 6) is -0.146. The van der Waals surface area contributed by atoms with Gasteiger partial charge in [-0.25, -0.2) is 4.39 Å². The van der Waals surface area contributed by atoms with Crippen LogP contribution in [0.2, 0.25) is 0 Å². The van der Waals surface area contributed by atoms with Crippen molar-refractivity contribution in [2.24, 2.45) is 0 Å². The van der Waals surface area contributed by atoms with Gasteiger partial charge in [0.15, 0.2) is 0 Å². The zero-order valence-corrected chi connectivity index (χ0v) is 13.1. The van der Waals surface area contributed by atoms with E-state index in [2.05, 4.69) is 44.3 Å². The summed E-state index contributed by atoms with van der Waals surface area (Å²) in [6.07, 6.45) is 1.95. The normalized spacial score (nSPS) is 12.4. The lowest BCUT2D eigenvalue weighted by Crippen LogP contribution is -2.24. The van der Waals surface area contributed by atoms with Crippen molar-refractivity contribution in [1.29, 1.82) is 0 Å². The van der Waals surface area contributed by atoms with Crippen molar-refractivity contribution < 1.29 is 4.39 Å². The molecule has 0 aliphatic heterocycles. The lowest BCUT2D eigenvalue weighted by atomic mass is 9.91. The van der Waals surface area contributed by atoms with Crippen LogP contribution < -0.4 is 5.32 Å². The van der Waals surface area contributed by atoms with Crippen molar-refractivity contribution in [2.75, 3.05) is 6.54 Å². The molecule has 2 aromatic carbocycles. The number of hydrogen-bond acceptors (Lipinski definition) is 1. The minimum absolute atomic E-state index is 0.0855. The molecule has 2 heteroatoms. The second-order valence-corrected chi connectivity index (χ2v) is 5.25. The van der Waals surface area contributed by atoms with Gasteiger partial charge in [-0.05, 0) is 42.1 Å². The molecule has 0 heterocycles. The molecule has 0 bridgehead atoms. The van der Waals surface area contributed by atoms with Crippen LogP contribution in [0.3, 0.4) is 0 Å². The molecule has 21 heavy (non-hydrogen) atoms. The van der Waals surface area contributed by atoms with Crippen LogP contribution in [0.15, 0.2) is 42.5 Å². The zero-order chi connectivity index (χ0) is 15.2. The van der Waals surface area contributed by atoms with Crippen LogP contribution in [-0.4, -0.2) is 6.54 Å². The lowest BCUT2D eigenvalue weighted by Gasteiger charge is -2.23. The lowest BCUT2D eigenvalue weighted by molar-refractivity contribution is 0.556. The highest BCUT2D eigenvalue weighted by Crippen LogP contribution is 2.28. The highest BCUT2D eigenvalue weighted by Gasteiger charge is 2.19. The topological polar surface area (TPSA) is 12.0 Å². The third kappa shape index (κ3) is 3.51. The van der Waals surface area contributed by atoms with Gasteiger partial charge in [0.1, 0.15) is 5.82 Å². The van der Waals surface area contributed by atoms with Gasteiger partial charge in [-0.15, -0.1) is 0 Å². The van der Waals surface area contributed by atoms with Gasteiger partial charge in [-0.3, -0.25) is 0 Å². The Labute approximate surface area is 127 Å². The zero-order valence-electron chi connectivity index (χ0n) is 13.1. The Morgan fingerprint density at radius 1 is 0.952 bits per heavy atom. The standard InChI is InChI=1S/C19H24FN/c1-4-14-11-12-15(5-2)17(13-14)19(21-6-3)16-9-7-8-10-18(16)20/h7-13,19,21H,4-6H2,1-3H3. The van der Waals surface area contributed by atoms with Crippen LogP contribution in [0.25, 0.3) is 0 Å². The highest BCUT2D eigenvalue weighted by molar-refractivity contribution is 5.40. The molecule has 0 aromatic heterocycles. The molecule has 1 N–H and O–H groups in total. The van der Waals surface area contributed by atoms with Gasteiger partial charge in [0, 0.05) is 5.56 Å². The van der Waals surface area contributed by atoms with Crippen molar-refractivity contribution in [2.45, 2.75) is 39.7 Å². The minimum atomic E-state index is -0.146. The maximum atomic E-state index is 14.2. The van der Waals surface area contributed by atoms with Crippen molar-refractivity contribution in [3.05, 3.63) is 70.5 Å². The third-order valence-corrected chi connectivity index (χ3v) is 3.93. The van der Waals surface area contributed by atoms with E-state index < -0.39 is 0 Å². The fourth-order valence-electron chi connectivity index (χ4n) is 2.76. The Hall–Kier alpha value is -1.67. The molecular weight excluding hydrogens is 261 g/mol. The Bertz CT molecular complexity index is 592. The number of benzene rings is 2. The van der Waals surface area contributed by atoms with E-state index in [-0.39, 0.29) is 11.9 Å². The molecule has 0 aliphatic rings. The number of nitrogens with one attached hydrogen (secondary N) is 1. The minimum Gasteiger partial charge on any atom is -0.306 e. The van der Waals surface area contributed by atoms with Gasteiger partial charge in [-0.1, -0.05) is 57.2 Å². The maximum absolute atomic E-state index is 14.2. The largest absolute Gasteiger partial charge is 0.306 e. The van der Waals surface area contributed by atoms with Gasteiger partial charge in [-0.2, -0.15) is 0 Å². The van der Waals surface area contributed by atoms with E-state index in [1.165, 1.54) is 22.8 Å². The van der Waals surface area contributed by atoms with E-state index >= 15 is 0 Å². The van der Waals surface area contributed by atoms with E-state index in [9.17, 15) is 4.39 Å². The van der Waals surface area contributed by atoms with Crippen LogP contribution >= 0.6 is 0 Å². The van der Waals surface area contributed by atoms with Crippen LogP contribution in [0.1, 0.15) is 49.1 Å². The molecule has 0 aliphatic carbocycles. The summed E-state index contributed by atoms with van der Waals surface area (Å²) >= 11 is 0. The highest BCUT2D eigenvalue weighted by atomic mass is 19.1. The molecule has 0 radical (unpaired) electrons. The second-order valence-electron chi connectivity index (χ2n) is 5.25. The van der Waals surface area contributed by atoms with Crippen LogP contribution in [0.4, 0.5) is 4.39 Å². The van der Waals surface area contributed by atoms with E-state index in [4.69, 9.17) is 0 Å². The predicted octanol–water partition coefficient (Wildman–Crippen LogP) is 4.65. The fourth-order valence-corrected chi connectivity index (χ4v) is 2.76. The quantitative estimate of drug-likeness (QED) is 0.814. The van der Waals surface area contributed by atoms with Gasteiger partial charge in [0.25, 0.3) is 0 Å². The first-order valence-corrected chi connectivity index (χ1v) is 7.80. The van der Waals surface area contributed by atoms with E-state index in [0.29, 0.717) is 0 Å². The smallest absolute Gasteiger partial charge is 0.128 e. The van der Waals surface area contributed by atoms with Gasteiger partial charge in [0.05, 0.1) is 6.04 Å². The first kappa shape index (κ1) is 15.7. The Morgan fingerprint density at radius 2 is 1.71 bits per heavy atom. The SMILES string of the molecule is CCNC(c1ccccc1F)c1cc(CC)ccc1CC. The Kier molecular flexibility index (Phi) is 5.51. The second kappa shape index (κ2) is 7.37. The van der Waals surface area contributed by atoms with Crippen molar-refractivity contribution in [3.63, 3.8) is 0 Å². The molecule has 0 saturated heterocycles. The molecule has 2 aromatic rings. The Balaban J connectivity index is 2.54. The molecule has 0 spiro atoms. The van der Waals surface area contributed by atoms with Crippen LogP contribution in [0.5, 0.6) is 0 Å². The van der Waals surface area contributed by atoms with Crippen molar-refractivity contribution in [1.82, 2.24) is 5.32 Å². The summed E-state index contributed by atoms with van der Waals surface area (Å²) in [7, 11) is 0. The monoisotopic (exact) mass is 285 g/mol. The van der Waals surface area contributed by atoms with Crippen molar-refractivity contribution >= 4 is 0 Å². The first-order valence-electron chi connectivity index (χ1n) is 7.80. The third-order valence-electron chi connectivity index (χ3n) is 3.93. The summed E-state index contributed by atoms with van der Waals surface area (Å²) in [6, 6.07) is 13.5. The number of hydrogen-bond donors (Lipinski definition) is 1. The fraction of sp³-hybridized carbons (Fsp3) is 0.368. The summed E-state index contributed by atoms with van der Waals surface area (Å²) in [6.45, 7) is 7.16. The Morgan fingerprint density at radius 3 is 2.33 bits per heavy atom. The van der Waals surface area contributed by atoms with Crippen molar-refractivity contribution in [3.8, 4) is 0 Å². The molecule has 1 nitrogen and oxygen atoms in total. The van der Waals surface area contributed by atoms with E-state index in [1.807, 2.05) is 12.1 Å². The average molecular weight is 285 g/mol. The van der Waals surface area contributed by atoms with Gasteiger partial charge in [0.2, 0.25) is 0 Å². The summed E-state index contributed by atoms with van der Waals surface area (Å²) in [5.41, 5.74) is 4.49. The molecule has 1 unspecified atom stereocenters.